The van der Waals surface area contributed by atoms with Crippen molar-refractivity contribution in [1.82, 2.24) is 0 Å². The number of ketones is 1. The van der Waals surface area contributed by atoms with Gasteiger partial charge in [-0.25, -0.2) is 0 Å². The van der Waals surface area contributed by atoms with Gasteiger partial charge in [0.1, 0.15) is 5.78 Å². The van der Waals surface area contributed by atoms with E-state index in [1.807, 2.05) is 0 Å². The van der Waals surface area contributed by atoms with Gasteiger partial charge in [-0.05, 0) is 68.1 Å². The maximum Gasteiger partial charge on any atom is 0.306 e. The number of rotatable bonds is 2. The lowest BCUT2D eigenvalue weighted by Crippen LogP contribution is -2.52. The second-order valence-electron chi connectivity index (χ2n) is 9.65. The molecular weight excluding hydrogens is 316 g/mol. The number of hydrogen-bond acceptors (Lipinski definition) is 3. The number of carbonyl (C=O) groups excluding carboxylic acids is 1. The largest absolute Gasteiger partial charge is 0.481 e. The molecular formula is C21H30O4. The van der Waals surface area contributed by atoms with Crippen LogP contribution in [0.2, 0.25) is 0 Å². The van der Waals surface area contributed by atoms with E-state index in [9.17, 15) is 14.7 Å². The summed E-state index contributed by atoms with van der Waals surface area (Å²) < 4.78 is 0. The van der Waals surface area contributed by atoms with Gasteiger partial charge >= 0.3 is 5.97 Å². The number of fused-ring (bicyclic) bond motifs is 5. The smallest absolute Gasteiger partial charge is 0.306 e. The standard InChI is InChI=1S/C21H30O4/c1-19-9-10-21(25,12-18(23)24)11-13(19)3-4-14-15-5-6-17(22)20(15,2)8-7-16(14)19/h3,14-16,25H,4-12H2,1-2H3,(H,23,24)/t14-,15-,16+,19-,20-,21?/m0/s1. The van der Waals surface area contributed by atoms with Crippen molar-refractivity contribution in [3.63, 3.8) is 0 Å². The first-order valence-electron chi connectivity index (χ1n) is 9.85. The highest BCUT2D eigenvalue weighted by Gasteiger charge is 2.59. The molecule has 3 saturated carbocycles. The summed E-state index contributed by atoms with van der Waals surface area (Å²) in [6.07, 6.45) is 8.93. The van der Waals surface area contributed by atoms with Gasteiger partial charge in [0.05, 0.1) is 12.0 Å². The molecule has 4 rings (SSSR count). The Hall–Kier alpha value is -1.16. The van der Waals surface area contributed by atoms with Gasteiger partial charge in [0.2, 0.25) is 0 Å². The Morgan fingerprint density at radius 3 is 2.60 bits per heavy atom. The van der Waals surface area contributed by atoms with Gasteiger partial charge in [-0.15, -0.1) is 0 Å². The lowest BCUT2D eigenvalue weighted by Gasteiger charge is -2.58. The highest BCUT2D eigenvalue weighted by Crippen LogP contribution is 2.64. The van der Waals surface area contributed by atoms with Crippen LogP contribution < -0.4 is 0 Å². The molecule has 0 radical (unpaired) electrons. The Bertz CT molecular complexity index is 652. The van der Waals surface area contributed by atoms with Gasteiger partial charge in [-0.1, -0.05) is 25.5 Å². The molecule has 0 amide bonds. The number of carbonyl (C=O) groups is 2. The van der Waals surface area contributed by atoms with Crippen LogP contribution in [-0.2, 0) is 9.59 Å². The number of Topliss-reactive ketones (excluding diaryl/α,β-unsaturated/α-hetero) is 1. The molecule has 0 heterocycles. The fraction of sp³-hybridized carbons (Fsp3) is 0.810. The van der Waals surface area contributed by atoms with E-state index in [4.69, 9.17) is 5.11 Å². The third-order valence-corrected chi connectivity index (χ3v) is 8.44. The minimum Gasteiger partial charge on any atom is -0.481 e. The molecule has 25 heavy (non-hydrogen) atoms. The van der Waals surface area contributed by atoms with Gasteiger partial charge in [0, 0.05) is 11.8 Å². The van der Waals surface area contributed by atoms with Crippen LogP contribution in [0.4, 0.5) is 0 Å². The van der Waals surface area contributed by atoms with E-state index in [0.717, 1.165) is 38.5 Å². The molecule has 138 valence electrons. The Labute approximate surface area is 149 Å². The number of carboxylic acids is 1. The van der Waals surface area contributed by atoms with Crippen molar-refractivity contribution >= 4 is 11.8 Å². The second-order valence-corrected chi connectivity index (χ2v) is 9.65. The van der Waals surface area contributed by atoms with E-state index in [2.05, 4.69) is 19.9 Å². The monoisotopic (exact) mass is 346 g/mol. The number of carboxylic acid groups (broad SMARTS) is 1. The van der Waals surface area contributed by atoms with Crippen LogP contribution in [0.3, 0.4) is 0 Å². The molecule has 1 unspecified atom stereocenters. The molecule has 4 aliphatic carbocycles. The maximum absolute atomic E-state index is 12.5. The highest BCUT2D eigenvalue weighted by molar-refractivity contribution is 5.87. The molecule has 0 spiro atoms. The normalized spacial score (nSPS) is 49.0. The van der Waals surface area contributed by atoms with Crippen LogP contribution in [0.1, 0.15) is 71.6 Å². The van der Waals surface area contributed by atoms with E-state index >= 15 is 0 Å². The van der Waals surface area contributed by atoms with Crippen molar-refractivity contribution in [2.45, 2.75) is 77.2 Å². The molecule has 4 aliphatic rings. The van der Waals surface area contributed by atoms with Crippen molar-refractivity contribution in [3.05, 3.63) is 11.6 Å². The van der Waals surface area contributed by atoms with Crippen LogP contribution in [0, 0.1) is 28.6 Å². The molecule has 3 fully saturated rings. The lowest BCUT2D eigenvalue weighted by atomic mass is 9.47. The predicted molar refractivity (Wildman–Crippen MR) is 93.9 cm³/mol. The molecule has 4 nitrogen and oxygen atoms in total. The van der Waals surface area contributed by atoms with Crippen LogP contribution in [0.5, 0.6) is 0 Å². The zero-order chi connectivity index (χ0) is 18.0. The van der Waals surface area contributed by atoms with E-state index in [-0.39, 0.29) is 17.3 Å². The third-order valence-electron chi connectivity index (χ3n) is 8.44. The van der Waals surface area contributed by atoms with Gasteiger partial charge < -0.3 is 10.2 Å². The van der Waals surface area contributed by atoms with Gasteiger partial charge in [0.15, 0.2) is 0 Å². The molecule has 0 aromatic carbocycles. The van der Waals surface area contributed by atoms with Crippen molar-refractivity contribution in [3.8, 4) is 0 Å². The average Bonchev–Trinajstić information content (AvgIpc) is 2.83. The van der Waals surface area contributed by atoms with Crippen molar-refractivity contribution in [2.24, 2.45) is 28.6 Å². The first-order valence-corrected chi connectivity index (χ1v) is 9.85. The molecule has 4 heteroatoms. The fourth-order valence-corrected chi connectivity index (χ4v) is 6.92. The van der Waals surface area contributed by atoms with E-state index in [0.29, 0.717) is 36.4 Å². The van der Waals surface area contributed by atoms with Crippen LogP contribution in [-0.4, -0.2) is 27.6 Å². The summed E-state index contributed by atoms with van der Waals surface area (Å²) >= 11 is 0. The van der Waals surface area contributed by atoms with E-state index < -0.39 is 11.6 Å². The molecule has 0 bridgehead atoms. The van der Waals surface area contributed by atoms with Crippen LogP contribution in [0.25, 0.3) is 0 Å². The molecule has 0 aromatic rings. The van der Waals surface area contributed by atoms with Crippen molar-refractivity contribution in [2.75, 3.05) is 0 Å². The first kappa shape index (κ1) is 17.3. The van der Waals surface area contributed by atoms with Crippen molar-refractivity contribution < 1.29 is 19.8 Å². The van der Waals surface area contributed by atoms with E-state index in [1.54, 1.807) is 0 Å². The fourth-order valence-electron chi connectivity index (χ4n) is 6.92. The predicted octanol–water partition coefficient (Wildman–Crippen LogP) is 3.72. The topological polar surface area (TPSA) is 74.6 Å². The summed E-state index contributed by atoms with van der Waals surface area (Å²) in [5, 5.41) is 19.9. The Kier molecular flexibility index (Phi) is 3.74. The summed E-state index contributed by atoms with van der Waals surface area (Å²) in [6.45, 7) is 4.52. The maximum atomic E-state index is 12.5. The number of allylic oxidation sites excluding steroid dienone is 1. The average molecular weight is 346 g/mol. The summed E-state index contributed by atoms with van der Waals surface area (Å²) in [5.74, 6) is 1.21. The Balaban J connectivity index is 1.62. The summed E-state index contributed by atoms with van der Waals surface area (Å²) in [5.41, 5.74) is 0.148. The quantitative estimate of drug-likeness (QED) is 0.747. The minimum atomic E-state index is -1.09. The van der Waals surface area contributed by atoms with Crippen LogP contribution >= 0.6 is 0 Å². The zero-order valence-electron chi connectivity index (χ0n) is 15.4. The van der Waals surface area contributed by atoms with Crippen LogP contribution in [0.15, 0.2) is 11.6 Å². The zero-order valence-corrected chi connectivity index (χ0v) is 15.4. The molecule has 2 N–H and O–H groups in total. The van der Waals surface area contributed by atoms with E-state index in [1.165, 1.54) is 5.57 Å². The number of aliphatic hydroxyl groups is 1. The van der Waals surface area contributed by atoms with Gasteiger partial charge in [-0.3, -0.25) is 9.59 Å². The lowest BCUT2D eigenvalue weighted by molar-refractivity contribution is -0.145. The molecule has 6 atom stereocenters. The summed E-state index contributed by atoms with van der Waals surface area (Å²) in [7, 11) is 0. The summed E-state index contributed by atoms with van der Waals surface area (Å²) in [6, 6.07) is 0. The highest BCUT2D eigenvalue weighted by atomic mass is 16.4. The third kappa shape index (κ3) is 2.43. The molecule has 0 aromatic heterocycles. The Morgan fingerprint density at radius 1 is 1.16 bits per heavy atom. The molecule has 0 saturated heterocycles. The van der Waals surface area contributed by atoms with Crippen molar-refractivity contribution in [1.29, 1.82) is 0 Å². The van der Waals surface area contributed by atoms with Gasteiger partial charge in [0.25, 0.3) is 0 Å². The SMILES string of the molecule is C[C@]12CCC(O)(CC(=O)O)CC1=CC[C@@H]1[C@H]2CC[C@]2(C)C(=O)CC[C@@H]12. The first-order chi connectivity index (χ1) is 11.7. The summed E-state index contributed by atoms with van der Waals surface area (Å²) in [4.78, 5) is 23.6. The van der Waals surface area contributed by atoms with Gasteiger partial charge in [-0.2, -0.15) is 0 Å². The second kappa shape index (κ2) is 5.42. The molecule has 0 aliphatic heterocycles. The number of hydrogen-bond donors (Lipinski definition) is 2. The number of aliphatic carboxylic acids is 1. The Morgan fingerprint density at radius 2 is 1.88 bits per heavy atom. The minimum absolute atomic E-state index is 0.0701.